The van der Waals surface area contributed by atoms with Gasteiger partial charge in [-0.25, -0.2) is 0 Å². The Morgan fingerprint density at radius 3 is 2.40 bits per heavy atom. The van der Waals surface area contributed by atoms with E-state index < -0.39 is 11.7 Å². The third-order valence-corrected chi connectivity index (χ3v) is 4.23. The quantitative estimate of drug-likeness (QED) is 0.887. The SMILES string of the molecule is CC1CCC(O)(C(O)c2ccccc2OC(C)C)CC1. The van der Waals surface area contributed by atoms with Crippen molar-refractivity contribution in [2.75, 3.05) is 0 Å². The van der Waals surface area contributed by atoms with Crippen molar-refractivity contribution in [1.82, 2.24) is 0 Å². The highest BCUT2D eigenvalue weighted by molar-refractivity contribution is 5.36. The summed E-state index contributed by atoms with van der Waals surface area (Å²) in [7, 11) is 0. The molecule has 2 rings (SSSR count). The molecule has 3 heteroatoms. The van der Waals surface area contributed by atoms with Crippen LogP contribution in [0.4, 0.5) is 0 Å². The van der Waals surface area contributed by atoms with E-state index in [-0.39, 0.29) is 6.10 Å². The van der Waals surface area contributed by atoms with Gasteiger partial charge < -0.3 is 14.9 Å². The summed E-state index contributed by atoms with van der Waals surface area (Å²) in [5.41, 5.74) is -0.332. The van der Waals surface area contributed by atoms with Crippen molar-refractivity contribution in [2.45, 2.75) is 64.3 Å². The maximum atomic E-state index is 10.8. The Balaban J connectivity index is 2.22. The Morgan fingerprint density at radius 1 is 1.20 bits per heavy atom. The maximum Gasteiger partial charge on any atom is 0.125 e. The van der Waals surface area contributed by atoms with Crippen LogP contribution in [-0.2, 0) is 0 Å². The molecular formula is C17H26O3. The van der Waals surface area contributed by atoms with Gasteiger partial charge in [-0.15, -0.1) is 0 Å². The fourth-order valence-corrected chi connectivity index (χ4v) is 2.89. The molecule has 1 aliphatic carbocycles. The van der Waals surface area contributed by atoms with Crippen LogP contribution < -0.4 is 4.74 Å². The van der Waals surface area contributed by atoms with Crippen LogP contribution in [0.15, 0.2) is 24.3 Å². The van der Waals surface area contributed by atoms with Gasteiger partial charge in [-0.05, 0) is 51.5 Å². The van der Waals surface area contributed by atoms with Crippen molar-refractivity contribution in [3.63, 3.8) is 0 Å². The van der Waals surface area contributed by atoms with Gasteiger partial charge in [-0.3, -0.25) is 0 Å². The largest absolute Gasteiger partial charge is 0.491 e. The molecule has 1 saturated carbocycles. The van der Waals surface area contributed by atoms with Gasteiger partial charge in [0.1, 0.15) is 11.9 Å². The Bertz CT molecular complexity index is 434. The lowest BCUT2D eigenvalue weighted by Gasteiger charge is -2.39. The first-order valence-corrected chi connectivity index (χ1v) is 7.58. The van der Waals surface area contributed by atoms with Crippen LogP contribution in [-0.4, -0.2) is 21.9 Å². The minimum absolute atomic E-state index is 0.0457. The van der Waals surface area contributed by atoms with Gasteiger partial charge in [0, 0.05) is 5.56 Å². The van der Waals surface area contributed by atoms with Gasteiger partial charge in [0.15, 0.2) is 0 Å². The van der Waals surface area contributed by atoms with E-state index in [0.29, 0.717) is 30.1 Å². The third kappa shape index (κ3) is 3.33. The van der Waals surface area contributed by atoms with Crippen molar-refractivity contribution >= 4 is 0 Å². The average molecular weight is 278 g/mol. The normalized spacial score (nSPS) is 28.4. The summed E-state index contributed by atoms with van der Waals surface area (Å²) in [4.78, 5) is 0. The second-order valence-electron chi connectivity index (χ2n) is 6.39. The number of hydrogen-bond acceptors (Lipinski definition) is 3. The predicted octanol–water partition coefficient (Wildman–Crippen LogP) is 3.45. The summed E-state index contributed by atoms with van der Waals surface area (Å²) in [5, 5.41) is 21.4. The molecule has 0 aliphatic heterocycles. The van der Waals surface area contributed by atoms with Crippen LogP contribution in [0.5, 0.6) is 5.75 Å². The molecule has 1 aliphatic rings. The zero-order valence-electron chi connectivity index (χ0n) is 12.7. The minimum Gasteiger partial charge on any atom is -0.491 e. The second kappa shape index (κ2) is 6.15. The zero-order valence-corrected chi connectivity index (χ0v) is 12.7. The van der Waals surface area contributed by atoms with Crippen molar-refractivity contribution in [3.05, 3.63) is 29.8 Å². The number of aliphatic hydroxyl groups is 2. The highest BCUT2D eigenvalue weighted by Gasteiger charge is 2.40. The van der Waals surface area contributed by atoms with Gasteiger partial charge in [0.25, 0.3) is 0 Å². The van der Waals surface area contributed by atoms with Crippen LogP contribution in [0.25, 0.3) is 0 Å². The number of aliphatic hydroxyl groups excluding tert-OH is 1. The lowest BCUT2D eigenvalue weighted by Crippen LogP contribution is -2.40. The second-order valence-corrected chi connectivity index (χ2v) is 6.39. The van der Waals surface area contributed by atoms with E-state index in [1.54, 1.807) is 0 Å². The Kier molecular flexibility index (Phi) is 4.71. The maximum absolute atomic E-state index is 10.8. The lowest BCUT2D eigenvalue weighted by molar-refractivity contribution is -0.106. The first-order valence-electron chi connectivity index (χ1n) is 7.58. The monoisotopic (exact) mass is 278 g/mol. The van der Waals surface area contributed by atoms with E-state index in [0.717, 1.165) is 12.8 Å². The summed E-state index contributed by atoms with van der Waals surface area (Å²) in [6.07, 6.45) is 2.37. The molecule has 0 aromatic heterocycles. The van der Waals surface area contributed by atoms with E-state index in [1.807, 2.05) is 38.1 Å². The van der Waals surface area contributed by atoms with E-state index in [1.165, 1.54) is 0 Å². The smallest absolute Gasteiger partial charge is 0.125 e. The summed E-state index contributed by atoms with van der Waals surface area (Å²) in [6, 6.07) is 7.47. The van der Waals surface area contributed by atoms with Gasteiger partial charge in [0.05, 0.1) is 11.7 Å². The van der Waals surface area contributed by atoms with Gasteiger partial charge in [-0.1, -0.05) is 25.1 Å². The lowest BCUT2D eigenvalue weighted by atomic mass is 9.75. The molecule has 0 bridgehead atoms. The Hall–Kier alpha value is -1.06. The zero-order chi connectivity index (χ0) is 14.8. The van der Waals surface area contributed by atoms with E-state index in [4.69, 9.17) is 4.74 Å². The fourth-order valence-electron chi connectivity index (χ4n) is 2.89. The van der Waals surface area contributed by atoms with E-state index in [2.05, 4.69) is 6.92 Å². The molecule has 3 nitrogen and oxygen atoms in total. The van der Waals surface area contributed by atoms with Crippen LogP contribution in [0, 0.1) is 5.92 Å². The van der Waals surface area contributed by atoms with Crippen molar-refractivity contribution < 1.29 is 14.9 Å². The molecule has 112 valence electrons. The number of hydrogen-bond donors (Lipinski definition) is 2. The molecule has 0 radical (unpaired) electrons. The number of para-hydroxylation sites is 1. The number of ether oxygens (including phenoxy) is 1. The van der Waals surface area contributed by atoms with E-state index in [9.17, 15) is 10.2 Å². The van der Waals surface area contributed by atoms with Crippen molar-refractivity contribution in [1.29, 1.82) is 0 Å². The first-order chi connectivity index (χ1) is 9.42. The molecule has 2 N–H and O–H groups in total. The van der Waals surface area contributed by atoms with Crippen molar-refractivity contribution in [2.24, 2.45) is 5.92 Å². The summed E-state index contributed by atoms with van der Waals surface area (Å²) in [5.74, 6) is 1.30. The first kappa shape index (κ1) is 15.3. The highest BCUT2D eigenvalue weighted by Crippen LogP contribution is 2.42. The van der Waals surface area contributed by atoms with Crippen LogP contribution in [0.2, 0.25) is 0 Å². The average Bonchev–Trinajstić information content (AvgIpc) is 2.41. The summed E-state index contributed by atoms with van der Waals surface area (Å²) in [6.45, 7) is 6.11. The Labute approximate surface area is 121 Å². The molecule has 0 amide bonds. The molecule has 1 aromatic carbocycles. The topological polar surface area (TPSA) is 49.7 Å². The number of benzene rings is 1. The molecule has 0 saturated heterocycles. The molecular weight excluding hydrogens is 252 g/mol. The van der Waals surface area contributed by atoms with Crippen LogP contribution in [0.1, 0.15) is 58.1 Å². The van der Waals surface area contributed by atoms with Gasteiger partial charge >= 0.3 is 0 Å². The Morgan fingerprint density at radius 2 is 1.80 bits per heavy atom. The fraction of sp³-hybridized carbons (Fsp3) is 0.647. The van der Waals surface area contributed by atoms with Crippen LogP contribution >= 0.6 is 0 Å². The van der Waals surface area contributed by atoms with Crippen LogP contribution in [0.3, 0.4) is 0 Å². The standard InChI is InChI=1S/C17H26O3/c1-12(2)20-15-7-5-4-6-14(15)16(18)17(19)10-8-13(3)9-11-17/h4-7,12-13,16,18-19H,8-11H2,1-3H3. The minimum atomic E-state index is -1.02. The molecule has 0 spiro atoms. The van der Waals surface area contributed by atoms with Gasteiger partial charge in [-0.2, -0.15) is 0 Å². The molecule has 1 aromatic rings. The molecule has 20 heavy (non-hydrogen) atoms. The van der Waals surface area contributed by atoms with E-state index >= 15 is 0 Å². The molecule has 1 unspecified atom stereocenters. The molecule has 0 heterocycles. The molecule has 1 fully saturated rings. The molecule has 1 atom stereocenters. The highest BCUT2D eigenvalue weighted by atomic mass is 16.5. The summed E-state index contributed by atoms with van der Waals surface area (Å²) >= 11 is 0. The predicted molar refractivity (Wildman–Crippen MR) is 79.7 cm³/mol. The van der Waals surface area contributed by atoms with Gasteiger partial charge in [0.2, 0.25) is 0 Å². The van der Waals surface area contributed by atoms with Crippen molar-refractivity contribution in [3.8, 4) is 5.75 Å². The number of rotatable bonds is 4. The summed E-state index contributed by atoms with van der Waals surface area (Å²) < 4.78 is 5.75. The third-order valence-electron chi connectivity index (χ3n) is 4.23.